The molecule has 64 valence electrons. The highest BCUT2D eigenvalue weighted by Gasteiger charge is 2.18. The molecule has 2 nitrogen and oxygen atoms in total. The van der Waals surface area contributed by atoms with Crippen molar-refractivity contribution < 1.29 is 0 Å². The topological polar surface area (TPSA) is 24.1 Å². The van der Waals surface area contributed by atoms with E-state index in [-0.39, 0.29) is 0 Å². The van der Waals surface area contributed by atoms with Crippen LogP contribution in [0, 0.1) is 0 Å². The minimum Gasteiger partial charge on any atom is -0.360 e. The number of rotatable bonds is 2. The second-order valence-electron chi connectivity index (χ2n) is 2.70. The molecule has 1 aromatic carbocycles. The van der Waals surface area contributed by atoms with E-state index in [2.05, 4.69) is 41.8 Å². The molecule has 0 spiro atoms. The van der Waals surface area contributed by atoms with E-state index in [0.29, 0.717) is 5.50 Å². The van der Waals surface area contributed by atoms with Crippen molar-refractivity contribution in [1.29, 1.82) is 0 Å². The highest BCUT2D eigenvalue weighted by Crippen LogP contribution is 2.36. The lowest BCUT2D eigenvalue weighted by Gasteiger charge is -2.09. The van der Waals surface area contributed by atoms with Crippen molar-refractivity contribution in [3.8, 4) is 0 Å². The number of hydrogen-bond donors (Lipinski definition) is 2. The summed E-state index contributed by atoms with van der Waals surface area (Å²) in [6.07, 6.45) is 0. The molecule has 0 aliphatic carbocycles. The van der Waals surface area contributed by atoms with Crippen LogP contribution >= 0.6 is 11.8 Å². The fraction of sp³-hybridized carbons (Fsp3) is 0.333. The summed E-state index contributed by atoms with van der Waals surface area (Å²) in [7, 11) is 0. The molecule has 12 heavy (non-hydrogen) atoms. The van der Waals surface area contributed by atoms with Gasteiger partial charge in [0.25, 0.3) is 0 Å². The lowest BCUT2D eigenvalue weighted by Crippen LogP contribution is -2.29. The molecule has 3 heteroatoms. The molecule has 2 N–H and O–H groups in total. The lowest BCUT2D eigenvalue weighted by molar-refractivity contribution is 0.736. The maximum Gasteiger partial charge on any atom is 0.130 e. The third-order valence-electron chi connectivity index (χ3n) is 1.81. The van der Waals surface area contributed by atoms with Gasteiger partial charge in [0.1, 0.15) is 5.50 Å². The molecule has 1 aliphatic rings. The van der Waals surface area contributed by atoms with Crippen LogP contribution in [0.25, 0.3) is 0 Å². The normalized spacial score (nSPS) is 20.2. The maximum absolute atomic E-state index is 3.39. The van der Waals surface area contributed by atoms with Gasteiger partial charge in [-0.05, 0) is 18.7 Å². The molecule has 1 atom stereocenters. The number of hydrogen-bond acceptors (Lipinski definition) is 3. The highest BCUT2D eigenvalue weighted by atomic mass is 32.2. The van der Waals surface area contributed by atoms with Crippen molar-refractivity contribution in [3.05, 3.63) is 24.3 Å². The summed E-state index contributed by atoms with van der Waals surface area (Å²) in [4.78, 5) is 1.34. The fourth-order valence-corrected chi connectivity index (χ4v) is 2.37. The third-order valence-corrected chi connectivity index (χ3v) is 2.94. The van der Waals surface area contributed by atoms with Crippen LogP contribution < -0.4 is 10.6 Å². The minimum atomic E-state index is 0.354. The number of benzene rings is 1. The molecule has 1 heterocycles. The number of fused-ring (bicyclic) bond motifs is 1. The molecule has 1 aliphatic heterocycles. The third kappa shape index (κ3) is 1.42. The average molecular weight is 180 g/mol. The van der Waals surface area contributed by atoms with Crippen molar-refractivity contribution in [2.75, 3.05) is 11.9 Å². The lowest BCUT2D eigenvalue weighted by atomic mass is 10.3. The molecule has 0 radical (unpaired) electrons. The van der Waals surface area contributed by atoms with Gasteiger partial charge in [-0.15, -0.1) is 0 Å². The van der Waals surface area contributed by atoms with Crippen LogP contribution in [0.5, 0.6) is 0 Å². The Morgan fingerprint density at radius 1 is 1.50 bits per heavy atom. The van der Waals surface area contributed by atoms with E-state index in [9.17, 15) is 0 Å². The quantitative estimate of drug-likeness (QED) is 0.729. The summed E-state index contributed by atoms with van der Waals surface area (Å²) in [6, 6.07) is 8.38. The molecule has 1 aromatic rings. The van der Waals surface area contributed by atoms with Crippen molar-refractivity contribution in [2.45, 2.75) is 17.3 Å². The first-order chi connectivity index (χ1) is 5.90. The number of para-hydroxylation sites is 1. The Morgan fingerprint density at radius 2 is 2.33 bits per heavy atom. The number of anilines is 1. The molecule has 0 saturated heterocycles. The van der Waals surface area contributed by atoms with Crippen molar-refractivity contribution in [3.63, 3.8) is 0 Å². The second-order valence-corrected chi connectivity index (χ2v) is 3.84. The van der Waals surface area contributed by atoms with E-state index >= 15 is 0 Å². The first-order valence-corrected chi connectivity index (χ1v) is 5.03. The van der Waals surface area contributed by atoms with Crippen molar-refractivity contribution >= 4 is 17.4 Å². The zero-order valence-corrected chi connectivity index (χ0v) is 7.82. The van der Waals surface area contributed by atoms with E-state index in [0.717, 1.165) is 6.54 Å². The Bertz CT molecular complexity index is 250. The standard InChI is InChI=1S/C9H12N2S/c1-2-10-9-11-7-5-3-4-6-8(7)12-9/h3-6,9-11H,2H2,1H3. The van der Waals surface area contributed by atoms with Gasteiger partial charge in [0.15, 0.2) is 0 Å². The Balaban J connectivity index is 2.11. The van der Waals surface area contributed by atoms with Gasteiger partial charge >= 0.3 is 0 Å². The van der Waals surface area contributed by atoms with Gasteiger partial charge in [0, 0.05) is 10.6 Å². The van der Waals surface area contributed by atoms with E-state index in [4.69, 9.17) is 0 Å². The number of nitrogens with one attached hydrogen (secondary N) is 2. The Morgan fingerprint density at radius 3 is 3.08 bits per heavy atom. The van der Waals surface area contributed by atoms with Gasteiger partial charge < -0.3 is 5.32 Å². The largest absolute Gasteiger partial charge is 0.360 e. The first-order valence-electron chi connectivity index (χ1n) is 4.16. The summed E-state index contributed by atoms with van der Waals surface area (Å²) >= 11 is 1.84. The first kappa shape index (κ1) is 7.95. The van der Waals surface area contributed by atoms with Crippen LogP contribution in [-0.4, -0.2) is 12.0 Å². The van der Waals surface area contributed by atoms with Gasteiger partial charge in [-0.25, -0.2) is 0 Å². The minimum absolute atomic E-state index is 0.354. The Hall–Kier alpha value is -0.670. The van der Waals surface area contributed by atoms with Crippen LogP contribution in [-0.2, 0) is 0 Å². The van der Waals surface area contributed by atoms with Crippen LogP contribution in [0.2, 0.25) is 0 Å². The fourth-order valence-electron chi connectivity index (χ4n) is 1.26. The van der Waals surface area contributed by atoms with Crippen molar-refractivity contribution in [1.82, 2.24) is 5.32 Å². The maximum atomic E-state index is 3.39. The molecule has 0 bridgehead atoms. The molecule has 2 rings (SSSR count). The predicted octanol–water partition coefficient (Wildman–Crippen LogP) is 2.10. The zero-order chi connectivity index (χ0) is 8.39. The second kappa shape index (κ2) is 3.37. The highest BCUT2D eigenvalue weighted by molar-refractivity contribution is 8.00. The molecular formula is C9H12N2S. The van der Waals surface area contributed by atoms with Gasteiger partial charge in [-0.1, -0.05) is 30.8 Å². The summed E-state index contributed by atoms with van der Waals surface area (Å²) in [6.45, 7) is 3.11. The zero-order valence-electron chi connectivity index (χ0n) is 7.00. The van der Waals surface area contributed by atoms with E-state index in [1.807, 2.05) is 11.8 Å². The number of thioether (sulfide) groups is 1. The van der Waals surface area contributed by atoms with Crippen LogP contribution in [0.1, 0.15) is 6.92 Å². The smallest absolute Gasteiger partial charge is 0.130 e. The van der Waals surface area contributed by atoms with E-state index in [1.54, 1.807) is 0 Å². The monoisotopic (exact) mass is 180 g/mol. The van der Waals surface area contributed by atoms with Gasteiger partial charge in [0.05, 0.1) is 0 Å². The van der Waals surface area contributed by atoms with Crippen LogP contribution in [0.3, 0.4) is 0 Å². The summed E-state index contributed by atoms with van der Waals surface area (Å²) in [5.41, 5.74) is 1.60. The average Bonchev–Trinajstić information content (AvgIpc) is 2.47. The molecule has 0 aromatic heterocycles. The SMILES string of the molecule is CCNC1Nc2ccccc2S1. The van der Waals surface area contributed by atoms with Gasteiger partial charge in [-0.2, -0.15) is 0 Å². The van der Waals surface area contributed by atoms with E-state index in [1.165, 1.54) is 10.6 Å². The summed E-state index contributed by atoms with van der Waals surface area (Å²) in [5.74, 6) is 0. The van der Waals surface area contributed by atoms with E-state index < -0.39 is 0 Å². The molecular weight excluding hydrogens is 168 g/mol. The summed E-state index contributed by atoms with van der Waals surface area (Å²) in [5, 5.41) is 6.73. The van der Waals surface area contributed by atoms with Crippen LogP contribution in [0.15, 0.2) is 29.2 Å². The molecule has 0 amide bonds. The van der Waals surface area contributed by atoms with Gasteiger partial charge in [0.2, 0.25) is 0 Å². The summed E-state index contributed by atoms with van der Waals surface area (Å²) < 4.78 is 0. The Kier molecular flexibility index (Phi) is 2.23. The molecule has 0 saturated carbocycles. The predicted molar refractivity (Wildman–Crippen MR) is 53.4 cm³/mol. The van der Waals surface area contributed by atoms with Crippen molar-refractivity contribution in [2.24, 2.45) is 0 Å². The van der Waals surface area contributed by atoms with Gasteiger partial charge in [-0.3, -0.25) is 5.32 Å². The Labute approximate surface area is 76.7 Å². The molecule has 1 unspecified atom stereocenters. The van der Waals surface area contributed by atoms with Crippen LogP contribution in [0.4, 0.5) is 5.69 Å². The molecule has 0 fully saturated rings.